The van der Waals surface area contributed by atoms with E-state index < -0.39 is 5.97 Å². The average molecular weight is 260 g/mol. The zero-order valence-electron chi connectivity index (χ0n) is 12.0. The number of carbonyl (C=O) groups is 2. The first-order chi connectivity index (χ1) is 8.58. The van der Waals surface area contributed by atoms with Crippen molar-refractivity contribution in [2.45, 2.75) is 72.1 Å². The lowest BCUT2D eigenvalue weighted by molar-refractivity contribution is -0.143. The number of carboxylic acid groups (broad SMARTS) is 1. The molecule has 0 aliphatic carbocycles. The molecule has 0 aromatic heterocycles. The van der Waals surface area contributed by atoms with E-state index in [2.05, 4.69) is 6.92 Å². The quantitative estimate of drug-likeness (QED) is 0.506. The molecule has 4 nitrogen and oxygen atoms in total. The molecule has 0 aliphatic heterocycles. The minimum absolute atomic E-state index is 0.0472. The largest absolute Gasteiger partial charge is 0.481 e. The van der Waals surface area contributed by atoms with E-state index in [-0.39, 0.29) is 5.97 Å². The highest BCUT2D eigenvalue weighted by molar-refractivity contribution is 5.69. The maximum Gasteiger partial charge on any atom is 0.305 e. The molecule has 108 valence electrons. The minimum atomic E-state index is -0.711. The van der Waals surface area contributed by atoms with Gasteiger partial charge in [-0.05, 0) is 19.8 Å². The average Bonchev–Trinajstić information content (AvgIpc) is 2.30. The summed E-state index contributed by atoms with van der Waals surface area (Å²) in [6.07, 6.45) is 7.54. The van der Waals surface area contributed by atoms with Crippen LogP contribution in [0.5, 0.6) is 0 Å². The lowest BCUT2D eigenvalue weighted by Crippen LogP contribution is -2.02. The standard InChI is InChI=1S/C10H20O2.C4H8O2/c1-3-5-6-7-8-9-10(11)12-4-2;1-2-3-4(5)6/h3-9H2,1-2H3;2-3H2,1H3,(H,5,6). The molecule has 0 saturated carbocycles. The molecule has 4 heteroatoms. The number of aliphatic carboxylic acids is 1. The van der Waals surface area contributed by atoms with Gasteiger partial charge in [0.1, 0.15) is 0 Å². The Kier molecular flexibility index (Phi) is 17.1. The van der Waals surface area contributed by atoms with E-state index in [9.17, 15) is 9.59 Å². The summed E-state index contributed by atoms with van der Waals surface area (Å²) in [5.74, 6) is -0.758. The van der Waals surface area contributed by atoms with Crippen molar-refractivity contribution in [2.75, 3.05) is 6.61 Å². The van der Waals surface area contributed by atoms with Gasteiger partial charge in [-0.25, -0.2) is 0 Å². The molecule has 0 atom stereocenters. The topological polar surface area (TPSA) is 63.6 Å². The molecule has 0 amide bonds. The van der Waals surface area contributed by atoms with Gasteiger partial charge in [0.25, 0.3) is 0 Å². The van der Waals surface area contributed by atoms with Crippen LogP contribution in [0.3, 0.4) is 0 Å². The van der Waals surface area contributed by atoms with E-state index in [1.165, 1.54) is 19.3 Å². The van der Waals surface area contributed by atoms with E-state index in [0.29, 0.717) is 19.4 Å². The molecule has 0 rings (SSSR count). The van der Waals surface area contributed by atoms with E-state index in [4.69, 9.17) is 9.84 Å². The Hall–Kier alpha value is -1.06. The van der Waals surface area contributed by atoms with E-state index in [0.717, 1.165) is 19.3 Å². The van der Waals surface area contributed by atoms with Gasteiger partial charge in [0.2, 0.25) is 0 Å². The van der Waals surface area contributed by atoms with Gasteiger partial charge in [0.05, 0.1) is 6.61 Å². The van der Waals surface area contributed by atoms with Crippen LogP contribution in [0.25, 0.3) is 0 Å². The first-order valence-corrected chi connectivity index (χ1v) is 6.95. The van der Waals surface area contributed by atoms with Gasteiger partial charge in [0.15, 0.2) is 0 Å². The molecule has 0 spiro atoms. The SMILES string of the molecule is CCCC(=O)O.CCCCCCCC(=O)OCC. The molecule has 0 fully saturated rings. The Morgan fingerprint density at radius 2 is 1.50 bits per heavy atom. The molecular formula is C14H28O4. The Morgan fingerprint density at radius 1 is 0.889 bits per heavy atom. The summed E-state index contributed by atoms with van der Waals surface area (Å²) in [5, 5.41) is 7.91. The summed E-state index contributed by atoms with van der Waals surface area (Å²) in [5.41, 5.74) is 0. The minimum Gasteiger partial charge on any atom is -0.481 e. The lowest BCUT2D eigenvalue weighted by atomic mass is 10.1. The van der Waals surface area contributed by atoms with Crippen LogP contribution in [0.1, 0.15) is 72.1 Å². The van der Waals surface area contributed by atoms with Crippen LogP contribution in [0.15, 0.2) is 0 Å². The third-order valence-electron chi connectivity index (χ3n) is 2.25. The number of rotatable bonds is 9. The van der Waals surface area contributed by atoms with Crippen LogP contribution in [0, 0.1) is 0 Å². The molecule has 0 radical (unpaired) electrons. The monoisotopic (exact) mass is 260 g/mol. The number of hydrogen-bond acceptors (Lipinski definition) is 3. The predicted molar refractivity (Wildman–Crippen MR) is 72.6 cm³/mol. The van der Waals surface area contributed by atoms with Gasteiger partial charge in [-0.1, -0.05) is 39.5 Å². The van der Waals surface area contributed by atoms with Gasteiger partial charge in [-0.3, -0.25) is 9.59 Å². The van der Waals surface area contributed by atoms with Crippen molar-refractivity contribution in [3.05, 3.63) is 0 Å². The zero-order chi connectivity index (χ0) is 14.2. The maximum absolute atomic E-state index is 10.9. The summed E-state index contributed by atoms with van der Waals surface area (Å²) < 4.78 is 4.81. The Bertz CT molecular complexity index is 202. The maximum atomic E-state index is 10.9. The van der Waals surface area contributed by atoms with Crippen molar-refractivity contribution in [2.24, 2.45) is 0 Å². The van der Waals surface area contributed by atoms with Crippen molar-refractivity contribution in [1.82, 2.24) is 0 Å². The molecule has 0 unspecified atom stereocenters. The third-order valence-corrected chi connectivity index (χ3v) is 2.25. The van der Waals surface area contributed by atoms with Crippen LogP contribution in [0.4, 0.5) is 0 Å². The molecule has 0 aromatic rings. The van der Waals surface area contributed by atoms with Gasteiger partial charge >= 0.3 is 11.9 Å². The Morgan fingerprint density at radius 3 is 1.89 bits per heavy atom. The summed E-state index contributed by atoms with van der Waals surface area (Å²) in [6, 6.07) is 0. The number of carbonyl (C=O) groups excluding carboxylic acids is 1. The van der Waals surface area contributed by atoms with Gasteiger partial charge in [-0.15, -0.1) is 0 Å². The highest BCUT2D eigenvalue weighted by Gasteiger charge is 1.99. The highest BCUT2D eigenvalue weighted by Crippen LogP contribution is 2.05. The zero-order valence-corrected chi connectivity index (χ0v) is 12.0. The second-order valence-electron chi connectivity index (χ2n) is 4.11. The molecule has 0 aliphatic rings. The number of carboxylic acids is 1. The Labute approximate surface area is 111 Å². The Balaban J connectivity index is 0. The fraction of sp³-hybridized carbons (Fsp3) is 0.857. The fourth-order valence-electron chi connectivity index (χ4n) is 1.32. The second-order valence-corrected chi connectivity index (χ2v) is 4.11. The van der Waals surface area contributed by atoms with Gasteiger partial charge in [-0.2, -0.15) is 0 Å². The molecule has 0 aromatic carbocycles. The first kappa shape index (κ1) is 19.3. The highest BCUT2D eigenvalue weighted by atomic mass is 16.5. The van der Waals surface area contributed by atoms with Crippen LogP contribution >= 0.6 is 0 Å². The van der Waals surface area contributed by atoms with Crippen molar-refractivity contribution in [3.8, 4) is 0 Å². The smallest absolute Gasteiger partial charge is 0.305 e. The predicted octanol–water partition coefficient (Wildman–Crippen LogP) is 3.78. The molecule has 0 heterocycles. The van der Waals surface area contributed by atoms with E-state index >= 15 is 0 Å². The summed E-state index contributed by atoms with van der Waals surface area (Å²) in [6.45, 7) is 6.38. The molecule has 0 saturated heterocycles. The fourth-order valence-corrected chi connectivity index (χ4v) is 1.32. The lowest BCUT2D eigenvalue weighted by Gasteiger charge is -2.00. The summed E-state index contributed by atoms with van der Waals surface area (Å²) >= 11 is 0. The van der Waals surface area contributed by atoms with Crippen LogP contribution < -0.4 is 0 Å². The number of esters is 1. The molecule has 1 N–H and O–H groups in total. The van der Waals surface area contributed by atoms with Crippen LogP contribution in [-0.4, -0.2) is 23.7 Å². The normalized spacial score (nSPS) is 9.28. The number of unbranched alkanes of at least 4 members (excludes halogenated alkanes) is 4. The van der Waals surface area contributed by atoms with Crippen molar-refractivity contribution < 1.29 is 19.4 Å². The molecule has 0 bridgehead atoms. The van der Waals surface area contributed by atoms with Crippen molar-refractivity contribution in [3.63, 3.8) is 0 Å². The van der Waals surface area contributed by atoms with Crippen molar-refractivity contribution >= 4 is 11.9 Å². The van der Waals surface area contributed by atoms with Gasteiger partial charge in [0, 0.05) is 12.8 Å². The number of ether oxygens (including phenoxy) is 1. The van der Waals surface area contributed by atoms with Crippen molar-refractivity contribution in [1.29, 1.82) is 0 Å². The van der Waals surface area contributed by atoms with Crippen LogP contribution in [0.2, 0.25) is 0 Å². The van der Waals surface area contributed by atoms with Gasteiger partial charge < -0.3 is 9.84 Å². The second kappa shape index (κ2) is 15.9. The first-order valence-electron chi connectivity index (χ1n) is 6.95. The summed E-state index contributed by atoms with van der Waals surface area (Å²) in [4.78, 5) is 20.5. The van der Waals surface area contributed by atoms with E-state index in [1.54, 1.807) is 0 Å². The molecule has 18 heavy (non-hydrogen) atoms. The third kappa shape index (κ3) is 20.4. The number of hydrogen-bond donors (Lipinski definition) is 1. The van der Waals surface area contributed by atoms with E-state index in [1.807, 2.05) is 13.8 Å². The summed E-state index contributed by atoms with van der Waals surface area (Å²) in [7, 11) is 0. The van der Waals surface area contributed by atoms with Crippen LogP contribution in [-0.2, 0) is 14.3 Å². The molecular weight excluding hydrogens is 232 g/mol.